The van der Waals surface area contributed by atoms with Crippen molar-refractivity contribution in [3.63, 3.8) is 0 Å². The number of nitrogens with zero attached hydrogens (tertiary/aromatic N) is 1. The largest absolute Gasteiger partial charge is 0.459 e. The van der Waals surface area contributed by atoms with Gasteiger partial charge in [0.05, 0.1) is 10.8 Å². The summed E-state index contributed by atoms with van der Waals surface area (Å²) in [7, 11) is -1.48. The second-order valence-electron chi connectivity index (χ2n) is 5.12. The van der Waals surface area contributed by atoms with Crippen LogP contribution in [0.3, 0.4) is 0 Å². The lowest BCUT2D eigenvalue weighted by Gasteiger charge is -2.52. The highest BCUT2D eigenvalue weighted by molar-refractivity contribution is 7.86. The second kappa shape index (κ2) is 6.58. The quantitative estimate of drug-likeness (QED) is 0.316. The van der Waals surface area contributed by atoms with E-state index in [0.29, 0.717) is 0 Å². The molecule has 2 heterocycles. The van der Waals surface area contributed by atoms with E-state index in [4.69, 9.17) is 39.5 Å². The first-order valence-electron chi connectivity index (χ1n) is 6.40. The van der Waals surface area contributed by atoms with Gasteiger partial charge in [-0.1, -0.05) is 41.4 Å². The zero-order valence-electron chi connectivity index (χ0n) is 11.9. The number of hydrogen-bond donors (Lipinski definition) is 1. The van der Waals surface area contributed by atoms with Crippen LogP contribution in [0.25, 0.3) is 0 Å². The molecule has 0 aromatic rings. The Kier molecular flexibility index (Phi) is 5.30. The number of hydrogen-bond acceptors (Lipinski definition) is 5. The molecular weight excluding hydrogens is 391 g/mol. The number of rotatable bonds is 3. The molecule has 2 aliphatic rings. The van der Waals surface area contributed by atoms with Crippen molar-refractivity contribution >= 4 is 63.4 Å². The molecule has 2 rings (SSSR count). The average Bonchev–Trinajstić information content (AvgIpc) is 2.41. The van der Waals surface area contributed by atoms with Crippen LogP contribution < -0.4 is 5.32 Å². The predicted octanol–water partition coefficient (Wildman–Crippen LogP) is 0.260. The van der Waals surface area contributed by atoms with Crippen LogP contribution in [-0.2, 0) is 29.9 Å². The summed E-state index contributed by atoms with van der Waals surface area (Å²) >= 11 is 16.6. The van der Waals surface area contributed by atoms with E-state index >= 15 is 0 Å². The van der Waals surface area contributed by atoms with E-state index in [1.807, 2.05) is 0 Å². The third-order valence-corrected chi connectivity index (χ3v) is 5.32. The molecule has 0 saturated carbocycles. The Bertz CT molecular complexity index is 606. The minimum atomic E-state index is -1.79. The summed E-state index contributed by atoms with van der Waals surface area (Å²) in [5, 5.41) is 1.62. The van der Waals surface area contributed by atoms with Crippen molar-refractivity contribution in [2.24, 2.45) is 0 Å². The maximum Gasteiger partial charge on any atom is 0.333 e. The van der Waals surface area contributed by atoms with Gasteiger partial charge in [0.25, 0.3) is 0 Å². The van der Waals surface area contributed by atoms with Gasteiger partial charge in [0.1, 0.15) is 18.0 Å². The molecule has 0 spiro atoms. The maximum atomic E-state index is 12.2. The van der Waals surface area contributed by atoms with E-state index in [-0.39, 0.29) is 11.3 Å². The van der Waals surface area contributed by atoms with Crippen molar-refractivity contribution in [3.05, 3.63) is 12.2 Å². The third kappa shape index (κ3) is 3.81. The molecule has 4 atom stereocenters. The lowest BCUT2D eigenvalue weighted by molar-refractivity contribution is -0.163. The Hall–Kier alpha value is -0.830. The van der Waals surface area contributed by atoms with E-state index < -0.39 is 56.4 Å². The molecular formula is C12H13Cl3N2O5S. The summed E-state index contributed by atoms with van der Waals surface area (Å²) in [5.41, 5.74) is 0.267. The number of fused-ring (bicyclic) bond motifs is 1. The van der Waals surface area contributed by atoms with Crippen LogP contribution in [0.5, 0.6) is 0 Å². The van der Waals surface area contributed by atoms with E-state index in [2.05, 4.69) is 11.9 Å². The number of halogens is 3. The number of nitrogens with one attached hydrogen (secondary N) is 1. The van der Waals surface area contributed by atoms with Crippen molar-refractivity contribution in [1.82, 2.24) is 10.2 Å². The Morgan fingerprint density at radius 3 is 2.61 bits per heavy atom. The number of alkyl halides is 3. The van der Waals surface area contributed by atoms with E-state index in [9.17, 15) is 18.6 Å². The minimum Gasteiger partial charge on any atom is -0.459 e. The Labute approximate surface area is 149 Å². The highest BCUT2D eigenvalue weighted by Crippen LogP contribution is 2.35. The number of carbonyl (C=O) groups is 3. The van der Waals surface area contributed by atoms with Crippen molar-refractivity contribution in [1.29, 1.82) is 0 Å². The molecule has 11 heteroatoms. The van der Waals surface area contributed by atoms with Gasteiger partial charge in [0.2, 0.25) is 15.6 Å². The molecule has 2 amide bonds. The van der Waals surface area contributed by atoms with Gasteiger partial charge >= 0.3 is 5.97 Å². The number of carbonyl (C=O) groups excluding carboxylic acids is 3. The van der Waals surface area contributed by atoms with Crippen LogP contribution in [0.4, 0.5) is 0 Å². The van der Waals surface area contributed by atoms with Crippen LogP contribution in [-0.4, -0.2) is 60.5 Å². The normalized spacial score (nSPS) is 30.3. The third-order valence-electron chi connectivity index (χ3n) is 3.30. The van der Waals surface area contributed by atoms with Crippen LogP contribution in [0.15, 0.2) is 12.2 Å². The summed E-state index contributed by atoms with van der Waals surface area (Å²) in [6.07, 6.45) is 0. The smallest absolute Gasteiger partial charge is 0.333 e. The summed E-state index contributed by atoms with van der Waals surface area (Å²) < 4.78 is 15.3. The molecule has 1 N–H and O–H groups in total. The zero-order valence-corrected chi connectivity index (χ0v) is 15.0. The second-order valence-corrected chi connectivity index (χ2v) is 9.17. The monoisotopic (exact) mass is 402 g/mol. The first-order valence-corrected chi connectivity index (χ1v) is 8.92. The van der Waals surface area contributed by atoms with E-state index in [0.717, 1.165) is 4.90 Å². The van der Waals surface area contributed by atoms with Crippen LogP contribution in [0, 0.1) is 0 Å². The molecule has 2 aliphatic heterocycles. The zero-order chi connectivity index (χ0) is 17.5. The number of ether oxygens (including phenoxy) is 1. The SMILES string of the molecule is C=C1CS(=O)[C@H]2C(NC(C)=O)C(=O)N2C1C(=O)OCC(Cl)(Cl)Cl. The molecule has 0 aliphatic carbocycles. The summed E-state index contributed by atoms with van der Waals surface area (Å²) in [6, 6.07) is -2.03. The first-order chi connectivity index (χ1) is 10.5. The molecule has 2 fully saturated rings. The van der Waals surface area contributed by atoms with Gasteiger partial charge in [-0.3, -0.25) is 13.8 Å². The molecule has 128 valence electrons. The number of β-lactam (4-membered cyclic amide) rings is 1. The number of amides is 2. The first kappa shape index (κ1) is 18.5. The van der Waals surface area contributed by atoms with Gasteiger partial charge in [-0.05, 0) is 5.57 Å². The Morgan fingerprint density at radius 1 is 1.48 bits per heavy atom. The molecule has 3 unspecified atom stereocenters. The summed E-state index contributed by atoms with van der Waals surface area (Å²) in [5.74, 6) is -1.77. The maximum absolute atomic E-state index is 12.2. The molecule has 0 bridgehead atoms. The molecule has 0 aromatic heterocycles. The average molecular weight is 404 g/mol. The lowest BCUT2D eigenvalue weighted by Crippen LogP contribution is -2.77. The van der Waals surface area contributed by atoms with Crippen molar-refractivity contribution < 1.29 is 23.3 Å². The summed E-state index contributed by atoms with van der Waals surface area (Å²) in [4.78, 5) is 36.6. The molecule has 0 aromatic carbocycles. The topological polar surface area (TPSA) is 92.8 Å². The summed E-state index contributed by atoms with van der Waals surface area (Å²) in [6.45, 7) is 4.43. The fraction of sp³-hybridized carbons (Fsp3) is 0.583. The molecule has 2 saturated heterocycles. The predicted molar refractivity (Wildman–Crippen MR) is 85.4 cm³/mol. The van der Waals surface area contributed by atoms with Gasteiger partial charge in [-0.2, -0.15) is 0 Å². The van der Waals surface area contributed by atoms with Gasteiger partial charge in [-0.25, -0.2) is 4.79 Å². The van der Waals surface area contributed by atoms with Crippen molar-refractivity contribution in [2.75, 3.05) is 12.4 Å². The van der Waals surface area contributed by atoms with Gasteiger partial charge in [0, 0.05) is 12.7 Å². The molecule has 7 nitrogen and oxygen atoms in total. The number of esters is 1. The Morgan fingerprint density at radius 2 is 2.09 bits per heavy atom. The van der Waals surface area contributed by atoms with Crippen molar-refractivity contribution in [2.45, 2.75) is 28.2 Å². The Balaban J connectivity index is 2.16. The van der Waals surface area contributed by atoms with Crippen molar-refractivity contribution in [3.8, 4) is 0 Å². The fourth-order valence-corrected chi connectivity index (χ4v) is 4.27. The highest BCUT2D eigenvalue weighted by atomic mass is 35.6. The molecule has 23 heavy (non-hydrogen) atoms. The fourth-order valence-electron chi connectivity index (χ4n) is 2.45. The van der Waals surface area contributed by atoms with Crippen LogP contribution >= 0.6 is 34.8 Å². The van der Waals surface area contributed by atoms with Gasteiger partial charge < -0.3 is 15.0 Å². The van der Waals surface area contributed by atoms with Gasteiger partial charge in [0.15, 0.2) is 6.04 Å². The van der Waals surface area contributed by atoms with Gasteiger partial charge in [-0.15, -0.1) is 0 Å². The lowest BCUT2D eigenvalue weighted by atomic mass is 9.98. The standard InChI is InChI=1S/C12H13Cl3N2O5S/c1-5-3-23(21)10-7(16-6(2)18)9(19)17(10)8(5)11(20)22-4-12(13,14)15/h7-8,10H,1,3-4H2,2H3,(H,16,18)/t7?,8?,10-,23?/m0/s1. The molecule has 0 radical (unpaired) electrons. The van der Waals surface area contributed by atoms with E-state index in [1.165, 1.54) is 6.92 Å². The van der Waals surface area contributed by atoms with Crippen LogP contribution in [0.2, 0.25) is 0 Å². The van der Waals surface area contributed by atoms with Crippen LogP contribution in [0.1, 0.15) is 6.92 Å². The highest BCUT2D eigenvalue weighted by Gasteiger charge is 2.59. The minimum absolute atomic E-state index is 0.0120. The van der Waals surface area contributed by atoms with E-state index in [1.54, 1.807) is 0 Å².